The number of hydrogen-bond acceptors (Lipinski definition) is 3. The van der Waals surface area contributed by atoms with Crippen molar-refractivity contribution in [1.82, 2.24) is 4.98 Å². The highest BCUT2D eigenvalue weighted by Gasteiger charge is 2.32. The molecule has 0 saturated heterocycles. The van der Waals surface area contributed by atoms with Crippen LogP contribution in [0.4, 0.5) is 5.69 Å². The monoisotopic (exact) mass is 244 g/mol. The molecule has 0 bridgehead atoms. The second-order valence-electron chi connectivity index (χ2n) is 5.35. The van der Waals surface area contributed by atoms with E-state index < -0.39 is 0 Å². The Hall–Kier alpha value is -1.64. The Balaban J connectivity index is 2.34. The number of Topliss-reactive ketones (excluding diaryl/α,β-unsaturated/α-hetero) is 1. The SMILES string of the molecule is CCC(=O)C1=CN(c2ccncc2)CCC1(C)C. The molecular weight excluding hydrogens is 224 g/mol. The summed E-state index contributed by atoms with van der Waals surface area (Å²) in [5, 5.41) is 0. The first-order chi connectivity index (χ1) is 8.54. The van der Waals surface area contributed by atoms with Crippen molar-refractivity contribution in [3.63, 3.8) is 0 Å². The predicted octanol–water partition coefficient (Wildman–Crippen LogP) is 3.18. The van der Waals surface area contributed by atoms with E-state index in [1.165, 1.54) is 0 Å². The predicted molar refractivity (Wildman–Crippen MR) is 73.4 cm³/mol. The van der Waals surface area contributed by atoms with Gasteiger partial charge < -0.3 is 4.90 Å². The van der Waals surface area contributed by atoms with Gasteiger partial charge in [-0.2, -0.15) is 0 Å². The normalized spacial score (nSPS) is 18.4. The lowest BCUT2D eigenvalue weighted by Crippen LogP contribution is -2.34. The molecule has 0 aromatic carbocycles. The Morgan fingerprint density at radius 3 is 2.67 bits per heavy atom. The number of carbonyl (C=O) groups is 1. The maximum atomic E-state index is 12.1. The van der Waals surface area contributed by atoms with Crippen LogP contribution in [0.3, 0.4) is 0 Å². The molecular formula is C15H20N2O. The van der Waals surface area contributed by atoms with Crippen LogP contribution in [0.2, 0.25) is 0 Å². The summed E-state index contributed by atoms with van der Waals surface area (Å²) >= 11 is 0. The number of rotatable bonds is 3. The molecule has 1 aliphatic heterocycles. The summed E-state index contributed by atoms with van der Waals surface area (Å²) in [5.41, 5.74) is 2.02. The molecule has 2 heterocycles. The number of ketones is 1. The molecule has 0 radical (unpaired) electrons. The maximum absolute atomic E-state index is 12.1. The van der Waals surface area contributed by atoms with Crippen molar-refractivity contribution in [1.29, 1.82) is 0 Å². The summed E-state index contributed by atoms with van der Waals surface area (Å²) in [7, 11) is 0. The molecule has 0 fully saturated rings. The third-order valence-electron chi connectivity index (χ3n) is 3.61. The minimum Gasteiger partial charge on any atom is -0.347 e. The molecule has 0 N–H and O–H groups in total. The first kappa shape index (κ1) is 12.8. The zero-order valence-electron chi connectivity index (χ0n) is 11.3. The van der Waals surface area contributed by atoms with E-state index in [0.717, 1.165) is 24.2 Å². The van der Waals surface area contributed by atoms with Crippen molar-refractivity contribution in [2.24, 2.45) is 5.41 Å². The topological polar surface area (TPSA) is 33.2 Å². The standard InChI is InChI=1S/C15H20N2O/c1-4-14(18)13-11-17(10-7-15(13,2)3)12-5-8-16-9-6-12/h5-6,8-9,11H,4,7,10H2,1-3H3. The van der Waals surface area contributed by atoms with Gasteiger partial charge in [-0.15, -0.1) is 0 Å². The van der Waals surface area contributed by atoms with Crippen LogP contribution in [0.5, 0.6) is 0 Å². The average molecular weight is 244 g/mol. The van der Waals surface area contributed by atoms with Crippen LogP contribution >= 0.6 is 0 Å². The molecule has 0 atom stereocenters. The summed E-state index contributed by atoms with van der Waals surface area (Å²) in [5.74, 6) is 0.249. The van der Waals surface area contributed by atoms with Crippen LogP contribution in [0, 0.1) is 5.41 Å². The molecule has 0 unspecified atom stereocenters. The number of allylic oxidation sites excluding steroid dienone is 1. The smallest absolute Gasteiger partial charge is 0.160 e. The zero-order chi connectivity index (χ0) is 13.2. The first-order valence-corrected chi connectivity index (χ1v) is 6.47. The number of hydrogen-bond donors (Lipinski definition) is 0. The fourth-order valence-corrected chi connectivity index (χ4v) is 2.31. The van der Waals surface area contributed by atoms with Gasteiger partial charge in [-0.25, -0.2) is 0 Å². The number of nitrogens with zero attached hydrogens (tertiary/aromatic N) is 2. The molecule has 0 aliphatic carbocycles. The Labute approximate surface area is 109 Å². The van der Waals surface area contributed by atoms with Gasteiger partial charge in [-0.05, 0) is 24.0 Å². The molecule has 0 saturated carbocycles. The van der Waals surface area contributed by atoms with E-state index in [0.29, 0.717) is 6.42 Å². The van der Waals surface area contributed by atoms with Gasteiger partial charge >= 0.3 is 0 Å². The van der Waals surface area contributed by atoms with Crippen molar-refractivity contribution in [3.8, 4) is 0 Å². The first-order valence-electron chi connectivity index (χ1n) is 6.47. The fraction of sp³-hybridized carbons (Fsp3) is 0.467. The molecule has 2 rings (SSSR count). The lowest BCUT2D eigenvalue weighted by atomic mass is 9.77. The van der Waals surface area contributed by atoms with Gasteiger partial charge in [-0.1, -0.05) is 20.8 Å². The van der Waals surface area contributed by atoms with E-state index >= 15 is 0 Å². The molecule has 96 valence electrons. The van der Waals surface area contributed by atoms with Gasteiger partial charge in [0.25, 0.3) is 0 Å². The Bertz CT molecular complexity index is 463. The molecule has 3 heteroatoms. The minimum absolute atomic E-state index is 0.0172. The number of pyridine rings is 1. The van der Waals surface area contributed by atoms with Crippen molar-refractivity contribution in [2.75, 3.05) is 11.4 Å². The van der Waals surface area contributed by atoms with Crippen LogP contribution in [-0.2, 0) is 4.79 Å². The fourth-order valence-electron chi connectivity index (χ4n) is 2.31. The van der Waals surface area contributed by atoms with Gasteiger partial charge in [0.2, 0.25) is 0 Å². The van der Waals surface area contributed by atoms with Gasteiger partial charge in [0.05, 0.1) is 0 Å². The van der Waals surface area contributed by atoms with E-state index in [4.69, 9.17) is 0 Å². The molecule has 1 aliphatic rings. The highest BCUT2D eigenvalue weighted by atomic mass is 16.1. The largest absolute Gasteiger partial charge is 0.347 e. The van der Waals surface area contributed by atoms with Crippen molar-refractivity contribution in [3.05, 3.63) is 36.3 Å². The van der Waals surface area contributed by atoms with E-state index in [1.54, 1.807) is 12.4 Å². The molecule has 1 aromatic rings. The zero-order valence-corrected chi connectivity index (χ0v) is 11.3. The van der Waals surface area contributed by atoms with Gasteiger partial charge in [-0.3, -0.25) is 9.78 Å². The summed E-state index contributed by atoms with van der Waals surface area (Å²) in [6.45, 7) is 7.16. The van der Waals surface area contributed by atoms with Crippen molar-refractivity contribution >= 4 is 11.5 Å². The second kappa shape index (κ2) is 4.92. The quantitative estimate of drug-likeness (QED) is 0.818. The summed E-state index contributed by atoms with van der Waals surface area (Å²) in [6, 6.07) is 3.95. The van der Waals surface area contributed by atoms with E-state index in [9.17, 15) is 4.79 Å². The van der Waals surface area contributed by atoms with Gasteiger partial charge in [0.15, 0.2) is 5.78 Å². The molecule has 0 spiro atoms. The average Bonchev–Trinajstić information content (AvgIpc) is 2.38. The van der Waals surface area contributed by atoms with E-state index in [-0.39, 0.29) is 11.2 Å². The van der Waals surface area contributed by atoms with Gasteiger partial charge in [0, 0.05) is 42.8 Å². The third-order valence-corrected chi connectivity index (χ3v) is 3.61. The maximum Gasteiger partial charge on any atom is 0.160 e. The lowest BCUT2D eigenvalue weighted by Gasteiger charge is -2.36. The number of carbonyl (C=O) groups excluding carboxylic acids is 1. The van der Waals surface area contributed by atoms with Crippen LogP contribution in [0.25, 0.3) is 0 Å². The molecule has 1 aromatic heterocycles. The van der Waals surface area contributed by atoms with E-state index in [2.05, 4.69) is 23.7 Å². The van der Waals surface area contributed by atoms with Gasteiger partial charge in [0.1, 0.15) is 0 Å². The molecule has 3 nitrogen and oxygen atoms in total. The van der Waals surface area contributed by atoms with Crippen LogP contribution in [-0.4, -0.2) is 17.3 Å². The van der Waals surface area contributed by atoms with E-state index in [1.807, 2.05) is 25.3 Å². The Kier molecular flexibility index (Phi) is 3.50. The minimum atomic E-state index is -0.0172. The highest BCUT2D eigenvalue weighted by Crippen LogP contribution is 2.36. The van der Waals surface area contributed by atoms with Crippen LogP contribution < -0.4 is 4.90 Å². The van der Waals surface area contributed by atoms with Crippen molar-refractivity contribution in [2.45, 2.75) is 33.6 Å². The number of aromatic nitrogens is 1. The Morgan fingerprint density at radius 2 is 2.06 bits per heavy atom. The summed E-state index contributed by atoms with van der Waals surface area (Å²) < 4.78 is 0. The molecule has 18 heavy (non-hydrogen) atoms. The summed E-state index contributed by atoms with van der Waals surface area (Å²) in [6.07, 6.45) is 7.14. The Morgan fingerprint density at radius 1 is 1.39 bits per heavy atom. The van der Waals surface area contributed by atoms with Crippen LogP contribution in [0.15, 0.2) is 36.3 Å². The van der Waals surface area contributed by atoms with Crippen molar-refractivity contribution < 1.29 is 4.79 Å². The highest BCUT2D eigenvalue weighted by molar-refractivity contribution is 5.97. The van der Waals surface area contributed by atoms with Crippen LogP contribution in [0.1, 0.15) is 33.6 Å². The third kappa shape index (κ3) is 2.45. The second-order valence-corrected chi connectivity index (χ2v) is 5.35. The molecule has 0 amide bonds. The summed E-state index contributed by atoms with van der Waals surface area (Å²) in [4.78, 5) is 18.2. The lowest BCUT2D eigenvalue weighted by molar-refractivity contribution is -0.116. The number of anilines is 1.